The molecule has 0 radical (unpaired) electrons. The summed E-state index contributed by atoms with van der Waals surface area (Å²) in [4.78, 5) is 0.0269. The van der Waals surface area contributed by atoms with E-state index in [9.17, 15) is 17.4 Å². The SMILES string of the molecule is CNc1ccc(S)cc1S(=O)C(F)(F)F. The summed E-state index contributed by atoms with van der Waals surface area (Å²) in [6, 6.07) is 4.06. The van der Waals surface area contributed by atoms with Gasteiger partial charge in [-0.1, -0.05) is 0 Å². The van der Waals surface area contributed by atoms with Gasteiger partial charge in [-0.15, -0.1) is 12.6 Å². The van der Waals surface area contributed by atoms with Crippen molar-refractivity contribution in [1.29, 1.82) is 0 Å². The molecule has 1 aromatic carbocycles. The Morgan fingerprint density at radius 1 is 1.40 bits per heavy atom. The van der Waals surface area contributed by atoms with E-state index in [0.717, 1.165) is 6.07 Å². The predicted octanol–water partition coefficient (Wildman–Crippen LogP) is 2.64. The molecule has 1 rings (SSSR count). The van der Waals surface area contributed by atoms with Crippen molar-refractivity contribution in [2.45, 2.75) is 15.3 Å². The molecule has 2 nitrogen and oxygen atoms in total. The van der Waals surface area contributed by atoms with Crippen molar-refractivity contribution in [3.05, 3.63) is 18.2 Å². The van der Waals surface area contributed by atoms with Gasteiger partial charge < -0.3 is 5.32 Å². The molecular formula is C8H8F3NOS2. The van der Waals surface area contributed by atoms with Crippen molar-refractivity contribution in [3.8, 4) is 0 Å². The number of halogens is 3. The van der Waals surface area contributed by atoms with Crippen LogP contribution in [0.2, 0.25) is 0 Å². The molecule has 0 aromatic heterocycles. The van der Waals surface area contributed by atoms with E-state index in [0.29, 0.717) is 4.90 Å². The standard InChI is InChI=1S/C8H8F3NOS2/c1-12-6-3-2-5(14)4-7(6)15(13)8(9,10)11/h2-4,12,14H,1H3. The highest BCUT2D eigenvalue weighted by Gasteiger charge is 2.39. The number of benzene rings is 1. The fourth-order valence-electron chi connectivity index (χ4n) is 0.996. The second-order valence-corrected chi connectivity index (χ2v) is 4.60. The molecule has 1 aromatic rings. The van der Waals surface area contributed by atoms with Gasteiger partial charge in [0.2, 0.25) is 0 Å². The third kappa shape index (κ3) is 2.88. The van der Waals surface area contributed by atoms with E-state index in [1.165, 1.54) is 19.2 Å². The third-order valence-corrected chi connectivity index (χ3v) is 3.08. The predicted molar refractivity (Wildman–Crippen MR) is 55.7 cm³/mol. The Morgan fingerprint density at radius 3 is 2.47 bits per heavy atom. The summed E-state index contributed by atoms with van der Waals surface area (Å²) in [5.74, 6) is 0. The maximum absolute atomic E-state index is 12.2. The van der Waals surface area contributed by atoms with Crippen LogP contribution in [0.15, 0.2) is 28.0 Å². The van der Waals surface area contributed by atoms with Crippen LogP contribution >= 0.6 is 12.6 Å². The van der Waals surface area contributed by atoms with E-state index in [-0.39, 0.29) is 10.6 Å². The number of alkyl halides is 3. The first-order chi connectivity index (χ1) is 6.86. The van der Waals surface area contributed by atoms with E-state index in [2.05, 4.69) is 17.9 Å². The van der Waals surface area contributed by atoms with Crippen LogP contribution < -0.4 is 5.32 Å². The van der Waals surface area contributed by atoms with E-state index in [1.54, 1.807) is 0 Å². The molecule has 0 bridgehead atoms. The van der Waals surface area contributed by atoms with Crippen LogP contribution in [0.3, 0.4) is 0 Å². The van der Waals surface area contributed by atoms with Crippen LogP contribution in [0, 0.1) is 0 Å². The maximum Gasteiger partial charge on any atom is 0.475 e. The van der Waals surface area contributed by atoms with Gasteiger partial charge >= 0.3 is 5.51 Å². The minimum Gasteiger partial charge on any atom is -0.387 e. The van der Waals surface area contributed by atoms with E-state index >= 15 is 0 Å². The second kappa shape index (κ2) is 4.44. The Kier molecular flexibility index (Phi) is 3.67. The summed E-state index contributed by atoms with van der Waals surface area (Å²) in [6.45, 7) is 0. The smallest absolute Gasteiger partial charge is 0.387 e. The molecule has 15 heavy (non-hydrogen) atoms. The highest BCUT2D eigenvalue weighted by atomic mass is 32.2. The molecular weight excluding hydrogens is 247 g/mol. The lowest BCUT2D eigenvalue weighted by atomic mass is 10.3. The van der Waals surface area contributed by atoms with Gasteiger partial charge in [-0.25, -0.2) is 4.21 Å². The summed E-state index contributed by atoms with van der Waals surface area (Å²) in [5.41, 5.74) is -4.57. The first-order valence-corrected chi connectivity index (χ1v) is 5.45. The van der Waals surface area contributed by atoms with Crippen LogP contribution in [0.4, 0.5) is 18.9 Å². The molecule has 0 heterocycles. The molecule has 1 atom stereocenters. The summed E-state index contributed by atoms with van der Waals surface area (Å²) in [7, 11) is -1.57. The van der Waals surface area contributed by atoms with Crippen LogP contribution in [0.25, 0.3) is 0 Å². The molecule has 0 saturated carbocycles. The molecule has 0 aliphatic rings. The Bertz CT molecular complexity index is 392. The van der Waals surface area contributed by atoms with Crippen LogP contribution in [-0.2, 0) is 10.8 Å². The van der Waals surface area contributed by atoms with Crippen LogP contribution in [-0.4, -0.2) is 16.8 Å². The zero-order valence-electron chi connectivity index (χ0n) is 7.63. The fourth-order valence-corrected chi connectivity index (χ4v) is 2.14. The zero-order chi connectivity index (χ0) is 11.6. The first-order valence-electron chi connectivity index (χ1n) is 3.85. The molecule has 0 fully saturated rings. The number of thiol groups is 1. The number of nitrogens with one attached hydrogen (secondary N) is 1. The van der Waals surface area contributed by atoms with Crippen LogP contribution in [0.1, 0.15) is 0 Å². The van der Waals surface area contributed by atoms with Gasteiger partial charge in [0, 0.05) is 11.9 Å². The van der Waals surface area contributed by atoms with Crippen molar-refractivity contribution in [2.75, 3.05) is 12.4 Å². The van der Waals surface area contributed by atoms with E-state index < -0.39 is 16.3 Å². The molecule has 0 spiro atoms. The highest BCUT2D eigenvalue weighted by molar-refractivity contribution is 7.86. The molecule has 0 saturated heterocycles. The molecule has 7 heteroatoms. The maximum atomic E-state index is 12.2. The number of rotatable bonds is 2. The minimum atomic E-state index is -4.76. The quantitative estimate of drug-likeness (QED) is 0.795. The Balaban J connectivity index is 3.23. The highest BCUT2D eigenvalue weighted by Crippen LogP contribution is 2.31. The Labute approximate surface area is 92.7 Å². The lowest BCUT2D eigenvalue weighted by Crippen LogP contribution is -2.17. The van der Waals surface area contributed by atoms with Crippen molar-refractivity contribution >= 4 is 29.1 Å². The summed E-state index contributed by atoms with van der Waals surface area (Å²) in [6.07, 6.45) is 0. The van der Waals surface area contributed by atoms with Gasteiger partial charge in [-0.2, -0.15) is 13.2 Å². The Morgan fingerprint density at radius 2 is 2.00 bits per heavy atom. The van der Waals surface area contributed by atoms with Gasteiger partial charge in [0.25, 0.3) is 0 Å². The van der Waals surface area contributed by atoms with Crippen molar-refractivity contribution in [2.24, 2.45) is 0 Å². The summed E-state index contributed by atoms with van der Waals surface area (Å²) < 4.78 is 47.8. The largest absolute Gasteiger partial charge is 0.475 e. The molecule has 0 aliphatic heterocycles. The van der Waals surface area contributed by atoms with Gasteiger partial charge in [0.1, 0.15) is 0 Å². The van der Waals surface area contributed by atoms with Gasteiger partial charge in [0.05, 0.1) is 10.6 Å². The number of hydrogen-bond acceptors (Lipinski definition) is 3. The third-order valence-electron chi connectivity index (χ3n) is 1.64. The topological polar surface area (TPSA) is 29.1 Å². The molecule has 0 aliphatic carbocycles. The van der Waals surface area contributed by atoms with Crippen molar-refractivity contribution in [3.63, 3.8) is 0 Å². The summed E-state index contributed by atoms with van der Waals surface area (Å²) >= 11 is 3.90. The van der Waals surface area contributed by atoms with Crippen LogP contribution in [0.5, 0.6) is 0 Å². The number of anilines is 1. The van der Waals surface area contributed by atoms with Gasteiger partial charge in [-0.3, -0.25) is 0 Å². The molecule has 0 amide bonds. The monoisotopic (exact) mass is 255 g/mol. The van der Waals surface area contributed by atoms with E-state index in [4.69, 9.17) is 0 Å². The molecule has 1 N–H and O–H groups in total. The van der Waals surface area contributed by atoms with Gasteiger partial charge in [0.15, 0.2) is 10.8 Å². The average Bonchev–Trinajstić information content (AvgIpc) is 2.15. The number of hydrogen-bond donors (Lipinski definition) is 2. The van der Waals surface area contributed by atoms with Gasteiger partial charge in [-0.05, 0) is 18.2 Å². The lowest BCUT2D eigenvalue weighted by molar-refractivity contribution is -0.0384. The minimum absolute atomic E-state index is 0.184. The average molecular weight is 255 g/mol. The first kappa shape index (κ1) is 12.4. The Hall–Kier alpha value is -0.690. The fraction of sp³-hybridized carbons (Fsp3) is 0.250. The molecule has 84 valence electrons. The normalized spacial score (nSPS) is 13.7. The zero-order valence-corrected chi connectivity index (χ0v) is 9.34. The summed E-state index contributed by atoms with van der Waals surface area (Å²) in [5, 5.41) is 2.55. The molecule has 1 unspecified atom stereocenters. The lowest BCUT2D eigenvalue weighted by Gasteiger charge is -2.11. The van der Waals surface area contributed by atoms with Crippen molar-refractivity contribution < 1.29 is 17.4 Å². The van der Waals surface area contributed by atoms with E-state index in [1.807, 2.05) is 0 Å². The van der Waals surface area contributed by atoms with Crippen molar-refractivity contribution in [1.82, 2.24) is 0 Å². The second-order valence-electron chi connectivity index (χ2n) is 2.64.